The number of ether oxygens (including phenoxy) is 1. The predicted octanol–water partition coefficient (Wildman–Crippen LogP) is 1.15. The zero-order valence-corrected chi connectivity index (χ0v) is 9.52. The van der Waals surface area contributed by atoms with E-state index in [1.807, 2.05) is 6.92 Å². The smallest absolute Gasteiger partial charge is 0.328 e. The average molecular weight is 225 g/mol. The van der Waals surface area contributed by atoms with Gasteiger partial charge in [0.05, 0.1) is 6.61 Å². The van der Waals surface area contributed by atoms with Crippen molar-refractivity contribution < 1.29 is 14.6 Å². The summed E-state index contributed by atoms with van der Waals surface area (Å²) in [4.78, 5) is 18.8. The molecule has 6 heteroatoms. The number of carboxylic acids is 1. The van der Waals surface area contributed by atoms with Crippen LogP contribution in [0.4, 0.5) is 5.95 Å². The molecule has 0 saturated heterocycles. The summed E-state index contributed by atoms with van der Waals surface area (Å²) < 4.78 is 5.18. The third-order valence-corrected chi connectivity index (χ3v) is 1.88. The second-order valence-corrected chi connectivity index (χ2v) is 3.71. The van der Waals surface area contributed by atoms with Crippen LogP contribution >= 0.6 is 0 Å². The molecule has 0 atom stereocenters. The topological polar surface area (TPSA) is 84.3 Å². The first-order valence-electron chi connectivity index (χ1n) is 4.93. The maximum Gasteiger partial charge on any atom is 0.328 e. The van der Waals surface area contributed by atoms with Crippen molar-refractivity contribution in [2.24, 2.45) is 0 Å². The monoisotopic (exact) mass is 225 g/mol. The van der Waals surface area contributed by atoms with Crippen LogP contribution in [0.5, 0.6) is 5.88 Å². The lowest BCUT2D eigenvalue weighted by molar-refractivity contribution is -0.141. The van der Waals surface area contributed by atoms with E-state index in [-0.39, 0.29) is 5.95 Å². The Morgan fingerprint density at radius 2 is 2.31 bits per heavy atom. The molecule has 2 N–H and O–H groups in total. The van der Waals surface area contributed by atoms with Crippen LogP contribution in [0.2, 0.25) is 0 Å². The Morgan fingerprint density at radius 1 is 1.62 bits per heavy atom. The van der Waals surface area contributed by atoms with E-state index in [9.17, 15) is 4.79 Å². The average Bonchev–Trinajstić information content (AvgIpc) is 2.17. The number of anilines is 1. The van der Waals surface area contributed by atoms with E-state index in [1.54, 1.807) is 6.07 Å². The van der Waals surface area contributed by atoms with Gasteiger partial charge in [0.15, 0.2) is 0 Å². The molecule has 6 nitrogen and oxygen atoms in total. The van der Waals surface area contributed by atoms with Gasteiger partial charge in [0, 0.05) is 12.3 Å². The van der Waals surface area contributed by atoms with Crippen molar-refractivity contribution in [2.45, 2.75) is 26.3 Å². The molecule has 0 fully saturated rings. The molecule has 0 spiro atoms. The Bertz CT molecular complexity index is 379. The fraction of sp³-hybridized carbons (Fsp3) is 0.500. The van der Waals surface area contributed by atoms with Crippen molar-refractivity contribution in [3.8, 4) is 5.88 Å². The molecule has 16 heavy (non-hydrogen) atoms. The van der Waals surface area contributed by atoms with Gasteiger partial charge in [0.1, 0.15) is 5.54 Å². The number of rotatable bonds is 5. The highest BCUT2D eigenvalue weighted by Crippen LogP contribution is 2.13. The fourth-order valence-electron chi connectivity index (χ4n) is 0.964. The van der Waals surface area contributed by atoms with Crippen LogP contribution in [-0.4, -0.2) is 33.2 Å². The van der Waals surface area contributed by atoms with Gasteiger partial charge >= 0.3 is 5.97 Å². The van der Waals surface area contributed by atoms with Gasteiger partial charge in [-0.2, -0.15) is 4.98 Å². The van der Waals surface area contributed by atoms with Crippen LogP contribution in [-0.2, 0) is 4.79 Å². The number of hydrogen-bond acceptors (Lipinski definition) is 5. The third kappa shape index (κ3) is 3.08. The van der Waals surface area contributed by atoms with E-state index in [4.69, 9.17) is 9.84 Å². The first kappa shape index (κ1) is 12.2. The van der Waals surface area contributed by atoms with Crippen LogP contribution in [0.25, 0.3) is 0 Å². The summed E-state index contributed by atoms with van der Waals surface area (Å²) in [6.07, 6.45) is 1.51. The molecule has 1 rings (SSSR count). The van der Waals surface area contributed by atoms with Gasteiger partial charge in [-0.25, -0.2) is 9.78 Å². The van der Waals surface area contributed by atoms with Crippen molar-refractivity contribution in [2.75, 3.05) is 11.9 Å². The number of aliphatic carboxylic acids is 1. The summed E-state index contributed by atoms with van der Waals surface area (Å²) in [7, 11) is 0. The van der Waals surface area contributed by atoms with Crippen LogP contribution in [0.15, 0.2) is 12.3 Å². The largest absolute Gasteiger partial charge is 0.480 e. The number of aromatic nitrogens is 2. The molecule has 0 aliphatic rings. The van der Waals surface area contributed by atoms with Crippen LogP contribution in [0, 0.1) is 0 Å². The Morgan fingerprint density at radius 3 is 2.88 bits per heavy atom. The van der Waals surface area contributed by atoms with Crippen molar-refractivity contribution >= 4 is 11.9 Å². The van der Waals surface area contributed by atoms with Crippen molar-refractivity contribution in [1.29, 1.82) is 0 Å². The molecule has 0 radical (unpaired) electrons. The van der Waals surface area contributed by atoms with E-state index < -0.39 is 11.5 Å². The summed E-state index contributed by atoms with van der Waals surface area (Å²) in [6, 6.07) is 1.61. The fourth-order valence-corrected chi connectivity index (χ4v) is 0.964. The molecule has 1 aromatic rings. The Kier molecular flexibility index (Phi) is 3.65. The van der Waals surface area contributed by atoms with E-state index in [0.717, 1.165) is 0 Å². The first-order chi connectivity index (χ1) is 7.45. The second-order valence-electron chi connectivity index (χ2n) is 3.71. The van der Waals surface area contributed by atoms with Crippen molar-refractivity contribution in [3.63, 3.8) is 0 Å². The third-order valence-electron chi connectivity index (χ3n) is 1.88. The van der Waals surface area contributed by atoms with Crippen LogP contribution < -0.4 is 10.1 Å². The molecular weight excluding hydrogens is 210 g/mol. The van der Waals surface area contributed by atoms with E-state index >= 15 is 0 Å². The van der Waals surface area contributed by atoms with Crippen molar-refractivity contribution in [1.82, 2.24) is 9.97 Å². The molecule has 0 unspecified atom stereocenters. The summed E-state index contributed by atoms with van der Waals surface area (Å²) in [5.41, 5.74) is -1.12. The lowest BCUT2D eigenvalue weighted by atomic mass is 10.1. The number of carboxylic acid groups (broad SMARTS) is 1. The molecule has 0 aliphatic carbocycles. The molecule has 0 amide bonds. The van der Waals surface area contributed by atoms with Gasteiger partial charge in [-0.3, -0.25) is 0 Å². The molecule has 1 aromatic heterocycles. The van der Waals surface area contributed by atoms with Crippen LogP contribution in [0.3, 0.4) is 0 Å². The highest BCUT2D eigenvalue weighted by atomic mass is 16.5. The summed E-state index contributed by atoms with van der Waals surface area (Å²) in [5, 5.41) is 11.6. The highest BCUT2D eigenvalue weighted by Gasteiger charge is 2.27. The molecule has 0 aliphatic heterocycles. The minimum absolute atomic E-state index is 0.235. The number of nitrogens with zero attached hydrogens (tertiary/aromatic N) is 2. The lowest BCUT2D eigenvalue weighted by Gasteiger charge is -2.20. The maximum absolute atomic E-state index is 10.9. The van der Waals surface area contributed by atoms with Gasteiger partial charge in [0.2, 0.25) is 11.8 Å². The molecular formula is C10H15N3O3. The van der Waals surface area contributed by atoms with E-state index in [2.05, 4.69) is 15.3 Å². The maximum atomic E-state index is 10.9. The second kappa shape index (κ2) is 4.78. The normalized spacial score (nSPS) is 10.9. The number of carbonyl (C=O) groups is 1. The number of hydrogen-bond donors (Lipinski definition) is 2. The van der Waals surface area contributed by atoms with E-state index in [1.165, 1.54) is 20.0 Å². The lowest BCUT2D eigenvalue weighted by Crippen LogP contribution is -2.40. The Balaban J connectivity index is 2.81. The van der Waals surface area contributed by atoms with Gasteiger partial charge in [-0.1, -0.05) is 0 Å². The quantitative estimate of drug-likeness (QED) is 0.782. The van der Waals surface area contributed by atoms with E-state index in [0.29, 0.717) is 12.5 Å². The molecule has 0 bridgehead atoms. The van der Waals surface area contributed by atoms with Crippen LogP contribution in [0.1, 0.15) is 20.8 Å². The Hall–Kier alpha value is -1.85. The summed E-state index contributed by atoms with van der Waals surface area (Å²) >= 11 is 0. The molecule has 1 heterocycles. The first-order valence-corrected chi connectivity index (χ1v) is 4.93. The predicted molar refractivity (Wildman–Crippen MR) is 58.5 cm³/mol. The molecule has 0 aromatic carbocycles. The van der Waals surface area contributed by atoms with Gasteiger partial charge in [-0.05, 0) is 20.8 Å². The zero-order valence-electron chi connectivity index (χ0n) is 9.52. The Labute approximate surface area is 93.7 Å². The zero-order chi connectivity index (χ0) is 12.2. The minimum Gasteiger partial charge on any atom is -0.480 e. The summed E-state index contributed by atoms with van der Waals surface area (Å²) in [5.74, 6) is -0.322. The summed E-state index contributed by atoms with van der Waals surface area (Å²) in [6.45, 7) is 5.41. The highest BCUT2D eigenvalue weighted by molar-refractivity contribution is 5.80. The number of nitrogens with one attached hydrogen (secondary N) is 1. The van der Waals surface area contributed by atoms with Crippen molar-refractivity contribution in [3.05, 3.63) is 12.3 Å². The molecule has 0 saturated carbocycles. The molecule has 88 valence electrons. The van der Waals surface area contributed by atoms with Gasteiger partial charge in [-0.15, -0.1) is 0 Å². The standard InChI is InChI=1S/C10H15N3O3/c1-4-16-7-5-6-11-9(12-7)13-10(2,3)8(14)15/h5-6H,4H2,1-3H3,(H,14,15)(H,11,12,13). The minimum atomic E-state index is -1.12. The van der Waals surface area contributed by atoms with Gasteiger partial charge < -0.3 is 15.2 Å². The van der Waals surface area contributed by atoms with Gasteiger partial charge in [0.25, 0.3) is 0 Å². The SMILES string of the molecule is CCOc1ccnc(NC(C)(C)C(=O)O)n1.